The largest absolute Gasteiger partial charge is 0.478 e. The Morgan fingerprint density at radius 1 is 1.25 bits per heavy atom. The lowest BCUT2D eigenvalue weighted by molar-refractivity contribution is -0.132. The summed E-state index contributed by atoms with van der Waals surface area (Å²) in [6.45, 7) is 5.88. The first-order valence-corrected chi connectivity index (χ1v) is 12.8. The van der Waals surface area contributed by atoms with Crippen molar-refractivity contribution in [1.29, 1.82) is 0 Å². The van der Waals surface area contributed by atoms with Crippen LogP contribution in [0.25, 0.3) is 17.3 Å². The van der Waals surface area contributed by atoms with Crippen molar-refractivity contribution in [1.82, 2.24) is 4.98 Å². The minimum atomic E-state index is -1.11. The van der Waals surface area contributed by atoms with Gasteiger partial charge in [-0.3, -0.25) is 10.1 Å². The second-order valence-electron chi connectivity index (χ2n) is 8.28. The number of carbonyl (C=O) groups is 2. The lowest BCUT2D eigenvalue weighted by Gasteiger charge is -2.09. The second-order valence-corrected chi connectivity index (χ2v) is 9.95. The summed E-state index contributed by atoms with van der Waals surface area (Å²) in [6, 6.07) is 7.96. The molecule has 1 amide bonds. The molecule has 0 unspecified atom stereocenters. The summed E-state index contributed by atoms with van der Waals surface area (Å²) in [5.74, 6) is -1.96. The number of aryl methyl sites for hydroxylation is 1. The summed E-state index contributed by atoms with van der Waals surface area (Å²) in [6.07, 6.45) is 2.71. The molecule has 0 saturated carbocycles. The van der Waals surface area contributed by atoms with E-state index in [1.54, 1.807) is 23.6 Å². The second kappa shape index (κ2) is 12.5. The number of anilines is 1. The quantitative estimate of drug-likeness (QED) is 0.203. The van der Waals surface area contributed by atoms with Gasteiger partial charge in [-0.1, -0.05) is 35.3 Å². The van der Waals surface area contributed by atoms with E-state index in [4.69, 9.17) is 33.0 Å². The molecule has 0 aliphatic carbocycles. The molecule has 1 heterocycles. The molecule has 0 aliphatic heterocycles. The van der Waals surface area contributed by atoms with Crippen LogP contribution in [-0.2, 0) is 16.0 Å². The molecule has 36 heavy (non-hydrogen) atoms. The van der Waals surface area contributed by atoms with Crippen LogP contribution in [0, 0.1) is 5.82 Å². The van der Waals surface area contributed by atoms with Crippen molar-refractivity contribution in [3.63, 3.8) is 0 Å². The van der Waals surface area contributed by atoms with Crippen LogP contribution in [0.15, 0.2) is 41.3 Å². The molecule has 3 rings (SSSR count). The summed E-state index contributed by atoms with van der Waals surface area (Å²) in [5.41, 5.74) is 1.86. The highest BCUT2D eigenvalue weighted by Crippen LogP contribution is 2.31. The predicted octanol–water partition coefficient (Wildman–Crippen LogP) is 7.35. The third-order valence-corrected chi connectivity index (χ3v) is 6.54. The summed E-state index contributed by atoms with van der Waals surface area (Å²) >= 11 is 13.6. The summed E-state index contributed by atoms with van der Waals surface area (Å²) < 4.78 is 20.6. The molecule has 0 spiro atoms. The molecule has 0 saturated heterocycles. The van der Waals surface area contributed by atoms with Gasteiger partial charge in [-0.25, -0.2) is 14.2 Å². The van der Waals surface area contributed by atoms with Crippen LogP contribution in [0.2, 0.25) is 10.0 Å². The van der Waals surface area contributed by atoms with E-state index in [1.807, 2.05) is 13.8 Å². The number of benzene rings is 2. The SMILES string of the molecule is CC(=Cc1c(Cl)cc(C(=O)Nc2nc(-c3cccc(CCCOC(C)C)c3F)cs2)cc1Cl)C(=O)O. The van der Waals surface area contributed by atoms with E-state index in [0.717, 1.165) is 11.3 Å². The molecule has 0 aliphatic rings. The van der Waals surface area contributed by atoms with Crippen LogP contribution < -0.4 is 5.32 Å². The zero-order chi connectivity index (χ0) is 26.4. The van der Waals surface area contributed by atoms with E-state index in [9.17, 15) is 9.59 Å². The van der Waals surface area contributed by atoms with E-state index in [1.165, 1.54) is 25.1 Å². The number of amides is 1. The zero-order valence-corrected chi connectivity index (χ0v) is 22.2. The van der Waals surface area contributed by atoms with E-state index >= 15 is 4.39 Å². The third-order valence-electron chi connectivity index (χ3n) is 5.16. The molecule has 3 aromatic rings. The fourth-order valence-corrected chi connectivity index (χ4v) is 4.61. The van der Waals surface area contributed by atoms with Crippen LogP contribution in [0.3, 0.4) is 0 Å². The monoisotopic (exact) mass is 550 g/mol. The van der Waals surface area contributed by atoms with Crippen LogP contribution in [0.5, 0.6) is 0 Å². The van der Waals surface area contributed by atoms with E-state index < -0.39 is 11.9 Å². The number of carboxylic acids is 1. The smallest absolute Gasteiger partial charge is 0.331 e. The summed E-state index contributed by atoms with van der Waals surface area (Å²) in [5, 5.41) is 13.9. The molecule has 0 fully saturated rings. The molecular weight excluding hydrogens is 526 g/mol. The molecule has 2 aromatic carbocycles. The Hall–Kier alpha value is -2.78. The highest BCUT2D eigenvalue weighted by Gasteiger charge is 2.17. The molecule has 10 heteroatoms. The van der Waals surface area contributed by atoms with Crippen molar-refractivity contribution < 1.29 is 23.8 Å². The lowest BCUT2D eigenvalue weighted by atomic mass is 10.0. The van der Waals surface area contributed by atoms with E-state index in [2.05, 4.69) is 10.3 Å². The fraction of sp³-hybridized carbons (Fsp3) is 0.269. The normalized spacial score (nSPS) is 11.7. The number of aliphatic carboxylic acids is 1. The highest BCUT2D eigenvalue weighted by atomic mass is 35.5. The minimum absolute atomic E-state index is 0.0477. The Morgan fingerprint density at radius 2 is 1.94 bits per heavy atom. The number of aromatic nitrogens is 1. The van der Waals surface area contributed by atoms with Gasteiger partial charge in [0.15, 0.2) is 5.13 Å². The molecule has 6 nitrogen and oxygen atoms in total. The topological polar surface area (TPSA) is 88.5 Å². The van der Waals surface area contributed by atoms with Gasteiger partial charge in [0.1, 0.15) is 5.82 Å². The van der Waals surface area contributed by atoms with Crippen molar-refractivity contribution in [3.05, 3.63) is 73.8 Å². The van der Waals surface area contributed by atoms with Gasteiger partial charge in [-0.05, 0) is 63.5 Å². The molecule has 2 N–H and O–H groups in total. The van der Waals surface area contributed by atoms with Crippen LogP contribution in [-0.4, -0.2) is 34.7 Å². The Morgan fingerprint density at radius 3 is 2.58 bits per heavy atom. The maximum Gasteiger partial charge on any atom is 0.331 e. The van der Waals surface area contributed by atoms with Crippen molar-refractivity contribution >= 4 is 57.6 Å². The average Bonchev–Trinajstić information content (AvgIpc) is 3.27. The zero-order valence-electron chi connectivity index (χ0n) is 19.9. The fourth-order valence-electron chi connectivity index (χ4n) is 3.31. The summed E-state index contributed by atoms with van der Waals surface area (Å²) in [7, 11) is 0. The van der Waals surface area contributed by atoms with Gasteiger partial charge in [-0.15, -0.1) is 11.3 Å². The number of thiazole rings is 1. The number of rotatable bonds is 10. The van der Waals surface area contributed by atoms with Gasteiger partial charge in [-0.2, -0.15) is 0 Å². The number of halogens is 3. The van der Waals surface area contributed by atoms with Crippen molar-refractivity contribution in [2.45, 2.75) is 39.7 Å². The van der Waals surface area contributed by atoms with Gasteiger partial charge in [0.2, 0.25) is 0 Å². The Kier molecular flexibility index (Phi) is 9.62. The van der Waals surface area contributed by atoms with Crippen molar-refractivity contribution in [2.75, 3.05) is 11.9 Å². The van der Waals surface area contributed by atoms with Crippen molar-refractivity contribution in [3.8, 4) is 11.3 Å². The Labute approximate surface area is 222 Å². The first-order chi connectivity index (χ1) is 17.1. The first-order valence-electron chi connectivity index (χ1n) is 11.1. The number of nitrogens with one attached hydrogen (secondary N) is 1. The van der Waals surface area contributed by atoms with E-state index in [0.29, 0.717) is 41.8 Å². The highest BCUT2D eigenvalue weighted by molar-refractivity contribution is 7.14. The van der Waals surface area contributed by atoms with Gasteiger partial charge < -0.3 is 9.84 Å². The number of nitrogens with zero attached hydrogens (tertiary/aromatic N) is 1. The number of hydrogen-bond donors (Lipinski definition) is 2. The maximum absolute atomic E-state index is 15.1. The molecular formula is C26H25Cl2FN2O4S. The Balaban J connectivity index is 1.74. The van der Waals surface area contributed by atoms with E-state index in [-0.39, 0.29) is 38.2 Å². The third kappa shape index (κ3) is 7.13. The molecule has 0 atom stereocenters. The molecule has 0 radical (unpaired) electrons. The summed E-state index contributed by atoms with van der Waals surface area (Å²) in [4.78, 5) is 28.2. The van der Waals surface area contributed by atoms with Gasteiger partial charge >= 0.3 is 5.97 Å². The molecule has 0 bridgehead atoms. The lowest BCUT2D eigenvalue weighted by Crippen LogP contribution is -2.12. The number of ether oxygens (including phenoxy) is 1. The van der Waals surface area contributed by atoms with Crippen LogP contribution in [0.1, 0.15) is 48.7 Å². The van der Waals surface area contributed by atoms with Gasteiger partial charge in [0.05, 0.1) is 21.8 Å². The number of hydrogen-bond acceptors (Lipinski definition) is 5. The first kappa shape index (κ1) is 27.8. The minimum Gasteiger partial charge on any atom is -0.478 e. The maximum atomic E-state index is 15.1. The standard InChI is InChI=1S/C26H25Cl2FN2O4S/c1-14(2)35-9-5-7-16-6-4-8-18(23(16)29)22-13-36-26(30-22)31-24(32)17-11-20(27)19(21(28)12-17)10-15(3)25(33)34/h4,6,8,10-14H,5,7,9H2,1-3H3,(H,33,34)(H,30,31,32). The number of carbonyl (C=O) groups excluding carboxylic acids is 1. The molecule has 1 aromatic heterocycles. The van der Waals surface area contributed by atoms with Crippen molar-refractivity contribution in [2.24, 2.45) is 0 Å². The molecule has 190 valence electrons. The van der Waals surface area contributed by atoms with Gasteiger partial charge in [0, 0.05) is 34.3 Å². The predicted molar refractivity (Wildman–Crippen MR) is 143 cm³/mol. The average molecular weight is 551 g/mol. The van der Waals surface area contributed by atoms with Crippen LogP contribution >= 0.6 is 34.5 Å². The van der Waals surface area contributed by atoms with Crippen LogP contribution in [0.4, 0.5) is 9.52 Å². The Bertz CT molecular complexity index is 1280. The van der Waals surface area contributed by atoms with Gasteiger partial charge in [0.25, 0.3) is 5.91 Å². The number of carboxylic acid groups (broad SMARTS) is 1.